The van der Waals surface area contributed by atoms with Crippen LogP contribution in [0.5, 0.6) is 0 Å². The summed E-state index contributed by atoms with van der Waals surface area (Å²) in [6.07, 6.45) is 1.92. The van der Waals surface area contributed by atoms with Gasteiger partial charge in [0.25, 0.3) is 5.91 Å². The van der Waals surface area contributed by atoms with Crippen LogP contribution in [0.4, 0.5) is 5.69 Å². The second kappa shape index (κ2) is 8.90. The molecule has 0 aliphatic heterocycles. The predicted octanol–water partition coefficient (Wildman–Crippen LogP) is 3.23. The summed E-state index contributed by atoms with van der Waals surface area (Å²) in [5.74, 6) is -0.0811. The van der Waals surface area contributed by atoms with Crippen molar-refractivity contribution >= 4 is 23.2 Å². The second-order valence-electron chi connectivity index (χ2n) is 5.58. The summed E-state index contributed by atoms with van der Waals surface area (Å²) in [5.41, 5.74) is 1.44. The molecule has 1 aromatic rings. The Morgan fingerprint density at radius 2 is 2.10 bits per heavy atom. The number of hydrogen-bond acceptors (Lipinski definition) is 3. The molecule has 0 heterocycles. The molecule has 118 valence electrons. The molecule has 1 amide bonds. The van der Waals surface area contributed by atoms with Crippen molar-refractivity contribution in [2.24, 2.45) is 0 Å². The molecule has 1 atom stereocenters. The zero-order valence-corrected chi connectivity index (χ0v) is 14.1. The first-order valence-electron chi connectivity index (χ1n) is 7.43. The van der Waals surface area contributed by atoms with Crippen LogP contribution in [-0.2, 0) is 0 Å². The van der Waals surface area contributed by atoms with Crippen LogP contribution in [0.3, 0.4) is 0 Å². The van der Waals surface area contributed by atoms with Gasteiger partial charge in [-0.05, 0) is 58.6 Å². The van der Waals surface area contributed by atoms with Crippen molar-refractivity contribution in [2.75, 3.05) is 32.5 Å². The topological polar surface area (TPSA) is 44.4 Å². The van der Waals surface area contributed by atoms with E-state index in [2.05, 4.69) is 22.5 Å². The van der Waals surface area contributed by atoms with Crippen LogP contribution >= 0.6 is 11.6 Å². The van der Waals surface area contributed by atoms with E-state index in [0.29, 0.717) is 10.6 Å². The van der Waals surface area contributed by atoms with E-state index in [1.807, 2.05) is 27.1 Å². The monoisotopic (exact) mass is 311 g/mol. The van der Waals surface area contributed by atoms with Crippen LogP contribution < -0.4 is 10.6 Å². The van der Waals surface area contributed by atoms with E-state index in [4.69, 9.17) is 11.6 Å². The third-order valence-corrected chi connectivity index (χ3v) is 3.41. The average Bonchev–Trinajstić information content (AvgIpc) is 2.43. The molecule has 0 saturated heterocycles. The lowest BCUT2D eigenvalue weighted by atomic mass is 10.1. The molecule has 0 aliphatic rings. The first kappa shape index (κ1) is 17.8. The molecular formula is C16H26ClN3O. The molecule has 0 fully saturated rings. The van der Waals surface area contributed by atoms with E-state index >= 15 is 0 Å². The number of halogens is 1. The number of benzene rings is 1. The fourth-order valence-corrected chi connectivity index (χ4v) is 2.12. The first-order valence-corrected chi connectivity index (χ1v) is 7.80. The molecule has 1 rings (SSSR count). The summed E-state index contributed by atoms with van der Waals surface area (Å²) in [6, 6.07) is 5.49. The minimum Gasteiger partial charge on any atom is -0.384 e. The van der Waals surface area contributed by atoms with Crippen LogP contribution in [0, 0.1) is 0 Å². The predicted molar refractivity (Wildman–Crippen MR) is 90.3 cm³/mol. The third-order valence-electron chi connectivity index (χ3n) is 3.18. The van der Waals surface area contributed by atoms with Crippen molar-refractivity contribution in [3.05, 3.63) is 28.8 Å². The highest BCUT2D eigenvalue weighted by Crippen LogP contribution is 2.21. The van der Waals surface area contributed by atoms with E-state index in [1.165, 1.54) is 0 Å². The van der Waals surface area contributed by atoms with Crippen LogP contribution in [0.1, 0.15) is 37.0 Å². The molecule has 0 radical (unpaired) electrons. The maximum Gasteiger partial charge on any atom is 0.253 e. The molecule has 21 heavy (non-hydrogen) atoms. The van der Waals surface area contributed by atoms with Gasteiger partial charge in [-0.3, -0.25) is 4.79 Å². The van der Waals surface area contributed by atoms with Gasteiger partial charge in [0.1, 0.15) is 0 Å². The number of rotatable bonds is 8. The van der Waals surface area contributed by atoms with Gasteiger partial charge >= 0.3 is 0 Å². The molecule has 1 unspecified atom stereocenters. The second-order valence-corrected chi connectivity index (χ2v) is 6.02. The molecule has 0 aromatic heterocycles. The Kier molecular flexibility index (Phi) is 7.54. The van der Waals surface area contributed by atoms with Crippen molar-refractivity contribution in [3.8, 4) is 0 Å². The molecule has 1 aromatic carbocycles. The van der Waals surface area contributed by atoms with Crippen molar-refractivity contribution < 1.29 is 4.79 Å². The van der Waals surface area contributed by atoms with E-state index in [9.17, 15) is 4.79 Å². The van der Waals surface area contributed by atoms with Crippen molar-refractivity contribution in [3.63, 3.8) is 0 Å². The van der Waals surface area contributed by atoms with Gasteiger partial charge in [0.2, 0.25) is 0 Å². The molecule has 0 saturated carbocycles. The molecular weight excluding hydrogens is 286 g/mol. The number of nitrogens with one attached hydrogen (secondary N) is 2. The number of anilines is 1. The Bertz CT molecular complexity index is 463. The third kappa shape index (κ3) is 6.36. The van der Waals surface area contributed by atoms with Gasteiger partial charge < -0.3 is 15.5 Å². The van der Waals surface area contributed by atoms with E-state index < -0.39 is 0 Å². The maximum absolute atomic E-state index is 12.4. The highest BCUT2D eigenvalue weighted by Gasteiger charge is 2.14. The zero-order valence-electron chi connectivity index (χ0n) is 13.4. The maximum atomic E-state index is 12.4. The van der Waals surface area contributed by atoms with Gasteiger partial charge in [0, 0.05) is 23.3 Å². The summed E-state index contributed by atoms with van der Waals surface area (Å²) in [5, 5.41) is 6.87. The lowest BCUT2D eigenvalue weighted by Crippen LogP contribution is -2.35. The van der Waals surface area contributed by atoms with Crippen molar-refractivity contribution in [2.45, 2.75) is 32.7 Å². The van der Waals surface area contributed by atoms with E-state index in [1.54, 1.807) is 12.1 Å². The quantitative estimate of drug-likeness (QED) is 0.774. The van der Waals surface area contributed by atoms with Gasteiger partial charge in [-0.1, -0.05) is 18.5 Å². The number of hydrogen-bond donors (Lipinski definition) is 2. The number of carbonyl (C=O) groups is 1. The minimum atomic E-state index is -0.0811. The summed E-state index contributed by atoms with van der Waals surface area (Å²) < 4.78 is 0. The highest BCUT2D eigenvalue weighted by molar-refractivity contribution is 6.31. The SMILES string of the molecule is CCCNc1ccc(Cl)cc1C(=O)NC(C)CCN(C)C. The molecule has 0 spiro atoms. The Balaban J connectivity index is 2.73. The van der Waals surface area contributed by atoms with Crippen LogP contribution in [-0.4, -0.2) is 44.0 Å². The number of nitrogens with zero attached hydrogens (tertiary/aromatic N) is 1. The fraction of sp³-hybridized carbons (Fsp3) is 0.562. The Morgan fingerprint density at radius 1 is 1.38 bits per heavy atom. The van der Waals surface area contributed by atoms with Gasteiger partial charge in [-0.15, -0.1) is 0 Å². The van der Waals surface area contributed by atoms with Crippen LogP contribution in [0.2, 0.25) is 5.02 Å². The summed E-state index contributed by atoms with van der Waals surface area (Å²) in [6.45, 7) is 5.88. The molecule has 2 N–H and O–H groups in total. The first-order chi connectivity index (χ1) is 9.93. The minimum absolute atomic E-state index is 0.0811. The standard InChI is InChI=1S/C16H26ClN3O/c1-5-9-18-15-7-6-13(17)11-14(15)16(21)19-12(2)8-10-20(3)4/h6-7,11-12,18H,5,8-10H2,1-4H3,(H,19,21). The van der Waals surface area contributed by atoms with Crippen molar-refractivity contribution in [1.29, 1.82) is 0 Å². The van der Waals surface area contributed by atoms with Gasteiger partial charge in [0.15, 0.2) is 0 Å². The summed E-state index contributed by atoms with van der Waals surface area (Å²) >= 11 is 6.02. The van der Waals surface area contributed by atoms with E-state index in [0.717, 1.165) is 31.6 Å². The van der Waals surface area contributed by atoms with Crippen molar-refractivity contribution in [1.82, 2.24) is 10.2 Å². The highest BCUT2D eigenvalue weighted by atomic mass is 35.5. The molecule has 0 aliphatic carbocycles. The van der Waals surface area contributed by atoms with Gasteiger partial charge in [-0.25, -0.2) is 0 Å². The van der Waals surface area contributed by atoms with Gasteiger partial charge in [-0.2, -0.15) is 0 Å². The normalized spacial score (nSPS) is 12.3. The lowest BCUT2D eigenvalue weighted by molar-refractivity contribution is 0.0937. The molecule has 5 heteroatoms. The van der Waals surface area contributed by atoms with Crippen LogP contribution in [0.25, 0.3) is 0 Å². The summed E-state index contributed by atoms with van der Waals surface area (Å²) in [4.78, 5) is 14.5. The van der Waals surface area contributed by atoms with Crippen LogP contribution in [0.15, 0.2) is 18.2 Å². The number of amides is 1. The largest absolute Gasteiger partial charge is 0.384 e. The van der Waals surface area contributed by atoms with E-state index in [-0.39, 0.29) is 11.9 Å². The zero-order chi connectivity index (χ0) is 15.8. The molecule has 4 nitrogen and oxygen atoms in total. The fourth-order valence-electron chi connectivity index (χ4n) is 1.94. The lowest BCUT2D eigenvalue weighted by Gasteiger charge is -2.18. The Labute approximate surface area is 132 Å². The smallest absolute Gasteiger partial charge is 0.253 e. The van der Waals surface area contributed by atoms with Gasteiger partial charge in [0.05, 0.1) is 5.56 Å². The Hall–Kier alpha value is -1.26. The average molecular weight is 312 g/mol. The Morgan fingerprint density at radius 3 is 2.71 bits per heavy atom. The summed E-state index contributed by atoms with van der Waals surface area (Å²) in [7, 11) is 4.05. The molecule has 0 bridgehead atoms. The number of carbonyl (C=O) groups excluding carboxylic acids is 1.